The maximum atomic E-state index is 12.2. The van der Waals surface area contributed by atoms with Gasteiger partial charge in [-0.25, -0.2) is 0 Å². The molecule has 0 N–H and O–H groups in total. The van der Waals surface area contributed by atoms with Gasteiger partial charge in [0, 0.05) is 29.7 Å². The normalized spacial score (nSPS) is 16.4. The number of allylic oxidation sites excluding steroid dienone is 2. The Morgan fingerprint density at radius 3 is 2.50 bits per heavy atom. The van der Waals surface area contributed by atoms with E-state index in [0.717, 1.165) is 4.90 Å². The van der Waals surface area contributed by atoms with E-state index in [4.69, 9.17) is 11.6 Å². The van der Waals surface area contributed by atoms with Gasteiger partial charge in [0.2, 0.25) is 0 Å². The second-order valence-electron chi connectivity index (χ2n) is 5.19. The average Bonchev–Trinajstić information content (AvgIpc) is 2.82. The van der Waals surface area contributed by atoms with Crippen molar-refractivity contribution >= 4 is 52.2 Å². The molecule has 1 aromatic carbocycles. The smallest absolute Gasteiger partial charge is 0.293 e. The van der Waals surface area contributed by atoms with Gasteiger partial charge in [-0.1, -0.05) is 11.6 Å². The molecule has 1 aliphatic rings. The van der Waals surface area contributed by atoms with Crippen LogP contribution in [0.5, 0.6) is 0 Å². The summed E-state index contributed by atoms with van der Waals surface area (Å²) < 4.78 is 0. The fraction of sp³-hybridized carbons (Fsp3) is 0.188. The highest BCUT2D eigenvalue weighted by atomic mass is 35.5. The van der Waals surface area contributed by atoms with Gasteiger partial charge in [-0.05, 0) is 54.5 Å². The molecule has 0 atom stereocenters. The molecule has 1 aliphatic heterocycles. The van der Waals surface area contributed by atoms with Gasteiger partial charge in [-0.3, -0.25) is 24.6 Å². The van der Waals surface area contributed by atoms with Crippen LogP contribution in [0.2, 0.25) is 0 Å². The monoisotopic (exact) mass is 395 g/mol. The van der Waals surface area contributed by atoms with Crippen LogP contribution in [0.4, 0.5) is 10.5 Å². The van der Waals surface area contributed by atoms with Crippen LogP contribution in [-0.2, 0) is 9.59 Å². The number of non-ortho nitro benzene ring substituents is 1. The number of amides is 2. The summed E-state index contributed by atoms with van der Waals surface area (Å²) >= 11 is 6.78. The fourth-order valence-electron chi connectivity index (χ4n) is 2.09. The molecule has 26 heavy (non-hydrogen) atoms. The Hall–Kier alpha value is -2.65. The number of aliphatic carboxylic acids is 1. The number of hydrogen-bond acceptors (Lipinski definition) is 7. The van der Waals surface area contributed by atoms with Crippen LogP contribution in [0.25, 0.3) is 6.08 Å². The molecule has 8 nitrogen and oxygen atoms in total. The highest BCUT2D eigenvalue weighted by molar-refractivity contribution is 8.18. The molecule has 0 unspecified atom stereocenters. The molecule has 10 heteroatoms. The molecular formula is C16H12ClN2O6S-. The van der Waals surface area contributed by atoms with Crippen molar-refractivity contribution in [3.63, 3.8) is 0 Å². The van der Waals surface area contributed by atoms with Crippen molar-refractivity contribution in [3.05, 3.63) is 56.0 Å². The highest BCUT2D eigenvalue weighted by Gasteiger charge is 2.34. The molecule has 0 bridgehead atoms. The summed E-state index contributed by atoms with van der Waals surface area (Å²) in [6.07, 6.45) is 2.68. The number of hydrogen-bond donors (Lipinski definition) is 0. The minimum absolute atomic E-state index is 0.0142. The first-order chi connectivity index (χ1) is 12.3. The predicted octanol–water partition coefficient (Wildman–Crippen LogP) is 2.28. The van der Waals surface area contributed by atoms with Gasteiger partial charge in [0.1, 0.15) is 0 Å². The molecule has 1 fully saturated rings. The minimum Gasteiger partial charge on any atom is -0.550 e. The largest absolute Gasteiger partial charge is 0.550 e. The summed E-state index contributed by atoms with van der Waals surface area (Å²) in [5, 5.41) is 20.7. The Morgan fingerprint density at radius 1 is 1.27 bits per heavy atom. The Bertz CT molecular complexity index is 819. The molecule has 1 aromatic rings. The Balaban J connectivity index is 2.08. The van der Waals surface area contributed by atoms with Crippen LogP contribution in [0.1, 0.15) is 18.4 Å². The zero-order chi connectivity index (χ0) is 19.3. The summed E-state index contributed by atoms with van der Waals surface area (Å²) in [5.74, 6) is -1.80. The topological polar surface area (TPSA) is 121 Å². The van der Waals surface area contributed by atoms with Crippen molar-refractivity contribution in [2.24, 2.45) is 0 Å². The highest BCUT2D eigenvalue weighted by Crippen LogP contribution is 2.32. The Labute approximate surface area is 157 Å². The van der Waals surface area contributed by atoms with E-state index in [2.05, 4.69) is 0 Å². The average molecular weight is 396 g/mol. The molecule has 0 saturated carbocycles. The summed E-state index contributed by atoms with van der Waals surface area (Å²) in [6.45, 7) is -0.0142. The third kappa shape index (κ3) is 5.17. The molecule has 0 aromatic heterocycles. The zero-order valence-corrected chi connectivity index (χ0v) is 14.8. The van der Waals surface area contributed by atoms with Crippen LogP contribution >= 0.6 is 23.4 Å². The lowest BCUT2D eigenvalue weighted by atomic mass is 10.2. The lowest BCUT2D eigenvalue weighted by Crippen LogP contribution is -2.31. The molecule has 0 radical (unpaired) electrons. The molecular weight excluding hydrogens is 384 g/mol. The van der Waals surface area contributed by atoms with E-state index < -0.39 is 22.0 Å². The van der Waals surface area contributed by atoms with E-state index in [1.54, 1.807) is 0 Å². The number of carbonyl (C=O) groups excluding carboxylic acids is 3. The molecule has 0 aliphatic carbocycles. The van der Waals surface area contributed by atoms with Crippen LogP contribution < -0.4 is 5.11 Å². The Morgan fingerprint density at radius 2 is 1.92 bits per heavy atom. The Kier molecular flexibility index (Phi) is 6.53. The van der Waals surface area contributed by atoms with Gasteiger partial charge >= 0.3 is 0 Å². The van der Waals surface area contributed by atoms with Crippen LogP contribution in [0.3, 0.4) is 0 Å². The second kappa shape index (κ2) is 8.63. The van der Waals surface area contributed by atoms with Gasteiger partial charge in [0.15, 0.2) is 0 Å². The lowest BCUT2D eigenvalue weighted by molar-refractivity contribution is -0.384. The SMILES string of the molecule is O=C([O-])CCCN1C(=O)S/C(=C\C(Cl)=C\c2ccc([N+](=O)[O-])cc2)C1=O. The first kappa shape index (κ1) is 19.7. The number of nitro groups is 1. The van der Waals surface area contributed by atoms with Gasteiger partial charge in [-0.2, -0.15) is 0 Å². The van der Waals surface area contributed by atoms with Crippen LogP contribution in [0.15, 0.2) is 40.3 Å². The lowest BCUT2D eigenvalue weighted by Gasteiger charge is -2.12. The third-order valence-electron chi connectivity index (χ3n) is 3.31. The number of halogens is 1. The molecule has 2 amide bonds. The number of nitro benzene ring substituents is 1. The van der Waals surface area contributed by atoms with Gasteiger partial charge in [0.05, 0.1) is 9.83 Å². The fourth-order valence-corrected chi connectivity index (χ4v) is 3.25. The predicted molar refractivity (Wildman–Crippen MR) is 94.0 cm³/mol. The summed E-state index contributed by atoms with van der Waals surface area (Å²) in [7, 11) is 0. The van der Waals surface area contributed by atoms with Gasteiger partial charge in [-0.15, -0.1) is 0 Å². The van der Waals surface area contributed by atoms with E-state index in [1.807, 2.05) is 0 Å². The quantitative estimate of drug-likeness (QED) is 0.394. The number of benzene rings is 1. The number of carboxylic acids is 1. The van der Waals surface area contributed by atoms with Crippen molar-refractivity contribution in [3.8, 4) is 0 Å². The summed E-state index contributed by atoms with van der Waals surface area (Å²) in [5.41, 5.74) is 0.529. The van der Waals surface area contributed by atoms with E-state index in [1.165, 1.54) is 36.4 Å². The molecule has 136 valence electrons. The number of nitrogens with zero attached hydrogens (tertiary/aromatic N) is 2. The first-order valence-electron chi connectivity index (χ1n) is 7.35. The zero-order valence-electron chi connectivity index (χ0n) is 13.2. The standard InChI is InChI=1S/C16H13ClN2O6S/c17-11(8-10-3-5-12(6-4-10)19(24)25)9-13-15(22)18(16(23)26-13)7-1-2-14(20)21/h3-6,8-9H,1-2,7H2,(H,20,21)/p-1/b11-8-,13-9-. The molecule has 0 spiro atoms. The van der Waals surface area contributed by atoms with Crippen molar-refractivity contribution in [2.75, 3.05) is 6.54 Å². The van der Waals surface area contributed by atoms with E-state index in [-0.39, 0.29) is 35.0 Å². The summed E-state index contributed by atoms with van der Waals surface area (Å²) in [4.78, 5) is 45.6. The first-order valence-corrected chi connectivity index (χ1v) is 8.54. The number of carbonyl (C=O) groups is 3. The van der Waals surface area contributed by atoms with Crippen molar-refractivity contribution in [2.45, 2.75) is 12.8 Å². The minimum atomic E-state index is -1.25. The van der Waals surface area contributed by atoms with Crippen molar-refractivity contribution < 1.29 is 24.4 Å². The summed E-state index contributed by atoms with van der Waals surface area (Å²) in [6, 6.07) is 5.64. The van der Waals surface area contributed by atoms with E-state index >= 15 is 0 Å². The van der Waals surface area contributed by atoms with Crippen molar-refractivity contribution in [1.82, 2.24) is 4.90 Å². The number of rotatable bonds is 7. The van der Waals surface area contributed by atoms with Gasteiger partial charge < -0.3 is 9.90 Å². The number of carboxylic acid groups (broad SMARTS) is 1. The van der Waals surface area contributed by atoms with Gasteiger partial charge in [0.25, 0.3) is 16.8 Å². The van der Waals surface area contributed by atoms with Crippen LogP contribution in [-0.4, -0.2) is 33.5 Å². The maximum Gasteiger partial charge on any atom is 0.293 e. The van der Waals surface area contributed by atoms with E-state index in [9.17, 15) is 29.6 Å². The van der Waals surface area contributed by atoms with Crippen molar-refractivity contribution in [1.29, 1.82) is 0 Å². The number of imide groups is 1. The van der Waals surface area contributed by atoms with Crippen LogP contribution in [0, 0.1) is 10.1 Å². The maximum absolute atomic E-state index is 12.2. The molecule has 1 heterocycles. The second-order valence-corrected chi connectivity index (χ2v) is 6.62. The third-order valence-corrected chi connectivity index (χ3v) is 4.44. The van der Waals surface area contributed by atoms with E-state index in [0.29, 0.717) is 17.3 Å². The number of thioether (sulfide) groups is 1. The molecule has 1 saturated heterocycles. The molecule has 2 rings (SSSR count).